The molecule has 0 saturated heterocycles. The van der Waals surface area contributed by atoms with E-state index >= 15 is 0 Å². The zero-order valence-electron chi connectivity index (χ0n) is 18.3. The minimum atomic E-state index is -1.03. The Morgan fingerprint density at radius 1 is 0.938 bits per heavy atom. The molecule has 3 aromatic rings. The Hall–Kier alpha value is -3.60. The van der Waals surface area contributed by atoms with E-state index in [2.05, 4.69) is 24.3 Å². The number of aryl methyl sites for hydroxylation is 2. The summed E-state index contributed by atoms with van der Waals surface area (Å²) in [4.78, 5) is 25.8. The maximum Gasteiger partial charge on any atom is 0.410 e. The number of carbonyl (C=O) groups is 2. The summed E-state index contributed by atoms with van der Waals surface area (Å²) in [6.07, 6.45) is 0.264. The van der Waals surface area contributed by atoms with E-state index in [1.54, 1.807) is 0 Å². The molecule has 4 rings (SSSR count). The van der Waals surface area contributed by atoms with E-state index in [0.29, 0.717) is 12.8 Å². The summed E-state index contributed by atoms with van der Waals surface area (Å²) in [5, 5.41) is 9.71. The molecule has 0 bridgehead atoms. The lowest BCUT2D eigenvalue weighted by Gasteiger charge is -2.25. The van der Waals surface area contributed by atoms with Gasteiger partial charge < -0.3 is 9.84 Å². The van der Waals surface area contributed by atoms with E-state index < -0.39 is 18.1 Å². The molecule has 0 radical (unpaired) electrons. The molecular weight excluding hydrogens is 402 g/mol. The van der Waals surface area contributed by atoms with Crippen LogP contribution in [0.15, 0.2) is 72.8 Å². The van der Waals surface area contributed by atoms with Crippen LogP contribution in [0.1, 0.15) is 34.6 Å². The van der Waals surface area contributed by atoms with Gasteiger partial charge >= 0.3 is 12.1 Å². The number of rotatable bonds is 7. The molecule has 5 heteroatoms. The first-order valence-corrected chi connectivity index (χ1v) is 10.8. The van der Waals surface area contributed by atoms with Gasteiger partial charge in [0.1, 0.15) is 12.6 Å². The van der Waals surface area contributed by atoms with Crippen LogP contribution in [0.5, 0.6) is 0 Å². The highest BCUT2D eigenvalue weighted by atomic mass is 16.6. The second-order valence-corrected chi connectivity index (χ2v) is 8.29. The van der Waals surface area contributed by atoms with Crippen molar-refractivity contribution in [1.82, 2.24) is 4.90 Å². The fourth-order valence-electron chi connectivity index (χ4n) is 4.36. The molecule has 1 N–H and O–H groups in total. The minimum Gasteiger partial charge on any atom is -0.480 e. The molecule has 1 aliphatic rings. The van der Waals surface area contributed by atoms with E-state index in [4.69, 9.17) is 4.74 Å². The molecule has 0 heterocycles. The van der Waals surface area contributed by atoms with Gasteiger partial charge in [-0.05, 0) is 47.6 Å². The van der Waals surface area contributed by atoms with Gasteiger partial charge in [-0.3, -0.25) is 4.90 Å². The summed E-state index contributed by atoms with van der Waals surface area (Å²) >= 11 is 0. The zero-order chi connectivity index (χ0) is 22.7. The van der Waals surface area contributed by atoms with E-state index in [0.717, 1.165) is 33.4 Å². The van der Waals surface area contributed by atoms with Gasteiger partial charge in [0.15, 0.2) is 0 Å². The van der Waals surface area contributed by atoms with Gasteiger partial charge in [-0.25, -0.2) is 9.59 Å². The summed E-state index contributed by atoms with van der Waals surface area (Å²) in [5.41, 5.74) is 6.75. The number of carbonyl (C=O) groups excluding carboxylic acids is 1. The first kappa shape index (κ1) is 21.6. The number of ether oxygens (including phenoxy) is 1. The summed E-state index contributed by atoms with van der Waals surface area (Å²) in [7, 11) is 1.49. The number of hydrogen-bond acceptors (Lipinski definition) is 3. The molecule has 0 fully saturated rings. The number of aliphatic carboxylic acids is 1. The summed E-state index contributed by atoms with van der Waals surface area (Å²) in [5.74, 6) is -1.09. The SMILES string of the molecule is Cc1ccc(CCC(C(=O)O)N(C)C(=O)OCC2c3ccccc3-c3ccccc32)cc1. The molecule has 0 aliphatic heterocycles. The molecule has 1 amide bonds. The predicted molar refractivity (Wildman–Crippen MR) is 124 cm³/mol. The summed E-state index contributed by atoms with van der Waals surface area (Å²) < 4.78 is 5.62. The van der Waals surface area contributed by atoms with Crippen molar-refractivity contribution in [2.75, 3.05) is 13.7 Å². The Morgan fingerprint density at radius 3 is 2.06 bits per heavy atom. The normalized spacial score (nSPS) is 13.2. The second kappa shape index (κ2) is 9.27. The maximum absolute atomic E-state index is 12.8. The Labute approximate surface area is 188 Å². The first-order chi connectivity index (χ1) is 15.5. The molecule has 0 spiro atoms. The van der Waals surface area contributed by atoms with Crippen LogP contribution in [-0.4, -0.2) is 41.8 Å². The standard InChI is InChI=1S/C27H27NO4/c1-18-11-13-19(14-12-18)15-16-25(26(29)30)28(2)27(31)32-17-24-22-9-5-3-7-20(22)21-8-4-6-10-23(21)24/h3-14,24-25H,15-17H2,1-2H3,(H,29,30). The first-order valence-electron chi connectivity index (χ1n) is 10.8. The van der Waals surface area contributed by atoms with Gasteiger partial charge in [0.2, 0.25) is 0 Å². The van der Waals surface area contributed by atoms with Gasteiger partial charge in [0, 0.05) is 13.0 Å². The number of carboxylic acid groups (broad SMARTS) is 1. The number of benzene rings is 3. The highest BCUT2D eigenvalue weighted by Crippen LogP contribution is 2.44. The van der Waals surface area contributed by atoms with Gasteiger partial charge in [0.05, 0.1) is 0 Å². The van der Waals surface area contributed by atoms with Crippen molar-refractivity contribution in [3.8, 4) is 11.1 Å². The third-order valence-corrected chi connectivity index (χ3v) is 6.20. The number of amides is 1. The molecule has 5 nitrogen and oxygen atoms in total. The highest BCUT2D eigenvalue weighted by molar-refractivity contribution is 5.81. The predicted octanol–water partition coefficient (Wildman–Crippen LogP) is 5.26. The van der Waals surface area contributed by atoms with Gasteiger partial charge in [-0.15, -0.1) is 0 Å². The Kier molecular flexibility index (Phi) is 6.26. The Balaban J connectivity index is 1.42. The summed E-state index contributed by atoms with van der Waals surface area (Å²) in [6, 6.07) is 23.3. The third-order valence-electron chi connectivity index (χ3n) is 6.20. The minimum absolute atomic E-state index is 0.0596. The Bertz CT molecular complexity index is 1080. The number of hydrogen-bond donors (Lipinski definition) is 1. The van der Waals surface area contributed by atoms with Crippen LogP contribution in [0.2, 0.25) is 0 Å². The molecule has 1 unspecified atom stereocenters. The van der Waals surface area contributed by atoms with E-state index in [-0.39, 0.29) is 12.5 Å². The van der Waals surface area contributed by atoms with Crippen molar-refractivity contribution in [2.45, 2.75) is 31.7 Å². The fraction of sp³-hybridized carbons (Fsp3) is 0.259. The number of carboxylic acids is 1. The molecule has 1 atom stereocenters. The van der Waals surface area contributed by atoms with Crippen molar-refractivity contribution < 1.29 is 19.4 Å². The monoisotopic (exact) mass is 429 g/mol. The quantitative estimate of drug-likeness (QED) is 0.556. The Morgan fingerprint density at radius 2 is 1.50 bits per heavy atom. The summed E-state index contributed by atoms with van der Waals surface area (Å²) in [6.45, 7) is 2.18. The molecule has 3 aromatic carbocycles. The lowest BCUT2D eigenvalue weighted by molar-refractivity contribution is -0.142. The molecular formula is C27H27NO4. The fourth-order valence-corrected chi connectivity index (χ4v) is 4.36. The van der Waals surface area contributed by atoms with Crippen molar-refractivity contribution >= 4 is 12.1 Å². The largest absolute Gasteiger partial charge is 0.480 e. The molecule has 32 heavy (non-hydrogen) atoms. The van der Waals surface area contributed by atoms with Gasteiger partial charge in [-0.1, -0.05) is 78.4 Å². The molecule has 1 aliphatic carbocycles. The van der Waals surface area contributed by atoms with Crippen LogP contribution in [0, 0.1) is 6.92 Å². The zero-order valence-corrected chi connectivity index (χ0v) is 18.3. The lowest BCUT2D eigenvalue weighted by atomic mass is 9.98. The van der Waals surface area contributed by atoms with Crippen molar-refractivity contribution in [3.05, 3.63) is 95.1 Å². The topological polar surface area (TPSA) is 66.8 Å². The molecule has 164 valence electrons. The van der Waals surface area contributed by atoms with Gasteiger partial charge in [0.25, 0.3) is 0 Å². The van der Waals surface area contributed by atoms with Crippen molar-refractivity contribution in [1.29, 1.82) is 0 Å². The lowest BCUT2D eigenvalue weighted by Crippen LogP contribution is -2.43. The van der Waals surface area contributed by atoms with Crippen LogP contribution in [0.3, 0.4) is 0 Å². The van der Waals surface area contributed by atoms with Crippen LogP contribution < -0.4 is 0 Å². The van der Waals surface area contributed by atoms with Crippen LogP contribution >= 0.6 is 0 Å². The number of likely N-dealkylation sites (N-methyl/N-ethyl adjacent to an activating group) is 1. The average molecular weight is 430 g/mol. The van der Waals surface area contributed by atoms with E-state index in [9.17, 15) is 14.7 Å². The van der Waals surface area contributed by atoms with E-state index in [1.165, 1.54) is 11.9 Å². The maximum atomic E-state index is 12.8. The van der Waals surface area contributed by atoms with Crippen molar-refractivity contribution in [2.24, 2.45) is 0 Å². The average Bonchev–Trinajstić information content (AvgIpc) is 3.12. The number of nitrogens with zero attached hydrogens (tertiary/aromatic N) is 1. The third kappa shape index (κ3) is 4.37. The second-order valence-electron chi connectivity index (χ2n) is 8.29. The van der Waals surface area contributed by atoms with Crippen LogP contribution in [0.25, 0.3) is 11.1 Å². The van der Waals surface area contributed by atoms with Crippen LogP contribution in [0.4, 0.5) is 4.79 Å². The number of fused-ring (bicyclic) bond motifs is 3. The van der Waals surface area contributed by atoms with Crippen molar-refractivity contribution in [3.63, 3.8) is 0 Å². The highest BCUT2D eigenvalue weighted by Gasteiger charge is 2.31. The van der Waals surface area contributed by atoms with E-state index in [1.807, 2.05) is 55.5 Å². The van der Waals surface area contributed by atoms with Crippen LogP contribution in [-0.2, 0) is 16.0 Å². The molecule has 0 saturated carbocycles. The molecule has 0 aromatic heterocycles. The smallest absolute Gasteiger partial charge is 0.410 e. The van der Waals surface area contributed by atoms with Gasteiger partial charge in [-0.2, -0.15) is 0 Å².